The normalized spacial score (nSPS) is 26.1. The first-order valence-corrected chi connectivity index (χ1v) is 9.41. The highest BCUT2D eigenvalue weighted by molar-refractivity contribution is 7.14. The molecule has 0 spiro atoms. The first-order valence-electron chi connectivity index (χ1n) is 8.53. The Kier molecular flexibility index (Phi) is 5.39. The van der Waals surface area contributed by atoms with Crippen molar-refractivity contribution < 1.29 is 19.1 Å². The molecule has 2 heterocycles. The smallest absolute Gasteiger partial charge is 0.340 e. The summed E-state index contributed by atoms with van der Waals surface area (Å²) >= 11 is 1.32. The van der Waals surface area contributed by atoms with Gasteiger partial charge in [-0.25, -0.2) is 4.79 Å². The van der Waals surface area contributed by atoms with Crippen molar-refractivity contribution >= 4 is 34.1 Å². The third kappa shape index (κ3) is 3.69. The average Bonchev–Trinajstić information content (AvgIpc) is 3.30. The number of nitrogens with zero attached hydrogens (tertiary/aromatic N) is 1. The van der Waals surface area contributed by atoms with Gasteiger partial charge in [0.2, 0.25) is 11.8 Å². The summed E-state index contributed by atoms with van der Waals surface area (Å²) in [6.45, 7) is 0.469. The van der Waals surface area contributed by atoms with Crippen LogP contribution in [0.5, 0.6) is 0 Å². The van der Waals surface area contributed by atoms with Crippen molar-refractivity contribution in [3.8, 4) is 0 Å². The van der Waals surface area contributed by atoms with Crippen LogP contribution in [0.25, 0.3) is 0 Å². The molecule has 2 amide bonds. The minimum absolute atomic E-state index is 0.0789. The minimum Gasteiger partial charge on any atom is -0.465 e. The zero-order valence-electron chi connectivity index (χ0n) is 14.2. The van der Waals surface area contributed by atoms with Crippen molar-refractivity contribution in [1.29, 1.82) is 0 Å². The lowest BCUT2D eigenvalue weighted by atomic mass is 9.99. The molecule has 1 aromatic heterocycles. The first kappa shape index (κ1) is 17.9. The lowest BCUT2D eigenvalue weighted by molar-refractivity contribution is -0.127. The van der Waals surface area contributed by atoms with Crippen molar-refractivity contribution in [2.75, 3.05) is 18.6 Å². The van der Waals surface area contributed by atoms with Crippen LogP contribution in [0.4, 0.5) is 5.00 Å². The van der Waals surface area contributed by atoms with Gasteiger partial charge in [0.1, 0.15) is 11.0 Å². The number of amides is 2. The van der Waals surface area contributed by atoms with E-state index in [-0.39, 0.29) is 23.8 Å². The molecular formula is C17H23N3O4S. The number of nitrogens with one attached hydrogen (secondary N) is 1. The summed E-state index contributed by atoms with van der Waals surface area (Å²) in [6.07, 6.45) is 3.89. The molecule has 1 saturated carbocycles. The van der Waals surface area contributed by atoms with Gasteiger partial charge in [-0.15, -0.1) is 11.3 Å². The molecule has 0 aromatic carbocycles. The molecule has 1 unspecified atom stereocenters. The number of thiophene rings is 1. The average molecular weight is 365 g/mol. The quantitative estimate of drug-likeness (QED) is 0.765. The molecule has 1 aliphatic carbocycles. The number of anilines is 1. The summed E-state index contributed by atoms with van der Waals surface area (Å²) in [4.78, 5) is 38.3. The lowest BCUT2D eigenvalue weighted by Gasteiger charge is -2.18. The Hall–Kier alpha value is -1.93. The SMILES string of the molecule is COC(=O)c1ccsc1N1CCC(NC(=O)C[C@@H]2CCC[C@H]2N)C1=O. The van der Waals surface area contributed by atoms with Crippen LogP contribution < -0.4 is 16.0 Å². The van der Waals surface area contributed by atoms with E-state index in [0.717, 1.165) is 19.3 Å². The maximum absolute atomic E-state index is 12.6. The fourth-order valence-electron chi connectivity index (χ4n) is 3.60. The van der Waals surface area contributed by atoms with Crippen LogP contribution in [-0.2, 0) is 14.3 Å². The second kappa shape index (κ2) is 7.53. The van der Waals surface area contributed by atoms with Crippen LogP contribution in [0.2, 0.25) is 0 Å². The highest BCUT2D eigenvalue weighted by atomic mass is 32.1. The third-order valence-electron chi connectivity index (χ3n) is 5.00. The van der Waals surface area contributed by atoms with Crippen molar-refractivity contribution in [3.63, 3.8) is 0 Å². The van der Waals surface area contributed by atoms with E-state index in [0.29, 0.717) is 30.0 Å². The molecular weight excluding hydrogens is 342 g/mol. The summed E-state index contributed by atoms with van der Waals surface area (Å²) in [7, 11) is 1.31. The number of nitrogens with two attached hydrogens (primary N) is 1. The van der Waals surface area contributed by atoms with Gasteiger partial charge in [-0.05, 0) is 36.6 Å². The minimum atomic E-state index is -0.544. The maximum atomic E-state index is 12.6. The van der Waals surface area contributed by atoms with Crippen LogP contribution in [0.3, 0.4) is 0 Å². The fourth-order valence-corrected chi connectivity index (χ4v) is 4.52. The first-order chi connectivity index (χ1) is 12.0. The number of hydrogen-bond acceptors (Lipinski definition) is 6. The Balaban J connectivity index is 1.61. The van der Waals surface area contributed by atoms with Crippen LogP contribution >= 0.6 is 11.3 Å². The summed E-state index contributed by atoms with van der Waals surface area (Å²) in [5, 5.41) is 5.16. The largest absolute Gasteiger partial charge is 0.465 e. The maximum Gasteiger partial charge on any atom is 0.340 e. The number of methoxy groups -OCH3 is 1. The summed E-state index contributed by atoms with van der Waals surface area (Å²) in [5.41, 5.74) is 6.39. The number of rotatable bonds is 5. The van der Waals surface area contributed by atoms with E-state index in [2.05, 4.69) is 5.32 Å². The van der Waals surface area contributed by atoms with Gasteiger partial charge < -0.3 is 20.7 Å². The topological polar surface area (TPSA) is 102 Å². The zero-order valence-corrected chi connectivity index (χ0v) is 15.0. The Bertz CT molecular complexity index is 675. The van der Waals surface area contributed by atoms with Gasteiger partial charge in [0.15, 0.2) is 0 Å². The number of esters is 1. The van der Waals surface area contributed by atoms with Gasteiger partial charge in [0.25, 0.3) is 0 Å². The fraction of sp³-hybridized carbons (Fsp3) is 0.588. The van der Waals surface area contributed by atoms with E-state index in [9.17, 15) is 14.4 Å². The molecule has 1 aromatic rings. The molecule has 1 aliphatic heterocycles. The van der Waals surface area contributed by atoms with Crippen LogP contribution in [0, 0.1) is 5.92 Å². The molecule has 7 nitrogen and oxygen atoms in total. The predicted octanol–water partition coefficient (Wildman–Crippen LogP) is 1.27. The highest BCUT2D eigenvalue weighted by Crippen LogP contribution is 2.32. The molecule has 3 atom stereocenters. The summed E-state index contributed by atoms with van der Waals surface area (Å²) in [6, 6.07) is 1.18. The molecule has 8 heteroatoms. The molecule has 3 N–H and O–H groups in total. The number of hydrogen-bond donors (Lipinski definition) is 2. The Morgan fingerprint density at radius 2 is 2.20 bits per heavy atom. The van der Waals surface area contributed by atoms with Gasteiger partial charge in [-0.2, -0.15) is 0 Å². The van der Waals surface area contributed by atoms with Crippen LogP contribution in [0.15, 0.2) is 11.4 Å². The zero-order chi connectivity index (χ0) is 18.0. The lowest BCUT2D eigenvalue weighted by Crippen LogP contribution is -2.42. The van der Waals surface area contributed by atoms with Gasteiger partial charge in [-0.3, -0.25) is 9.59 Å². The molecule has 136 valence electrons. The van der Waals surface area contributed by atoms with Gasteiger partial charge >= 0.3 is 5.97 Å². The van der Waals surface area contributed by atoms with Crippen molar-refractivity contribution in [2.45, 2.75) is 44.2 Å². The van der Waals surface area contributed by atoms with E-state index in [1.807, 2.05) is 0 Å². The van der Waals surface area contributed by atoms with E-state index in [4.69, 9.17) is 10.5 Å². The van der Waals surface area contributed by atoms with Crippen LogP contribution in [0.1, 0.15) is 42.5 Å². The highest BCUT2D eigenvalue weighted by Gasteiger charge is 2.37. The molecule has 1 saturated heterocycles. The Labute approximate surface area is 150 Å². The van der Waals surface area contributed by atoms with E-state index in [1.54, 1.807) is 16.3 Å². The van der Waals surface area contributed by atoms with Gasteiger partial charge in [-0.1, -0.05) is 6.42 Å². The Morgan fingerprint density at radius 1 is 1.40 bits per heavy atom. The van der Waals surface area contributed by atoms with E-state index < -0.39 is 12.0 Å². The second-order valence-electron chi connectivity index (χ2n) is 6.59. The van der Waals surface area contributed by atoms with Crippen LogP contribution in [-0.4, -0.2) is 43.5 Å². The standard InChI is InChI=1S/C17H23N3O4S/c1-24-17(23)11-6-8-25-16(11)20-7-5-13(15(20)22)19-14(21)9-10-3-2-4-12(10)18/h6,8,10,12-13H,2-5,7,9,18H2,1H3,(H,19,21)/t10-,12+,13?/m0/s1. The number of ether oxygens (including phenoxy) is 1. The van der Waals surface area contributed by atoms with Crippen molar-refractivity contribution in [3.05, 3.63) is 17.0 Å². The van der Waals surface area contributed by atoms with E-state index in [1.165, 1.54) is 18.4 Å². The number of carbonyl (C=O) groups is 3. The van der Waals surface area contributed by atoms with Gasteiger partial charge in [0.05, 0.1) is 12.7 Å². The Morgan fingerprint density at radius 3 is 2.88 bits per heavy atom. The van der Waals surface area contributed by atoms with Crippen molar-refractivity contribution in [1.82, 2.24) is 5.32 Å². The second-order valence-corrected chi connectivity index (χ2v) is 7.48. The molecule has 2 fully saturated rings. The van der Waals surface area contributed by atoms with Crippen molar-refractivity contribution in [2.24, 2.45) is 11.7 Å². The summed E-state index contributed by atoms with van der Waals surface area (Å²) in [5.74, 6) is -0.568. The molecule has 3 rings (SSSR count). The predicted molar refractivity (Wildman–Crippen MR) is 94.5 cm³/mol. The third-order valence-corrected chi connectivity index (χ3v) is 5.94. The monoisotopic (exact) mass is 365 g/mol. The molecule has 25 heavy (non-hydrogen) atoms. The molecule has 0 bridgehead atoms. The van der Waals surface area contributed by atoms with Gasteiger partial charge in [0, 0.05) is 19.0 Å². The number of carbonyl (C=O) groups excluding carboxylic acids is 3. The summed E-state index contributed by atoms with van der Waals surface area (Å²) < 4.78 is 4.75. The van der Waals surface area contributed by atoms with E-state index >= 15 is 0 Å². The molecule has 0 radical (unpaired) electrons. The molecule has 2 aliphatic rings.